The van der Waals surface area contributed by atoms with Gasteiger partial charge in [0.2, 0.25) is 11.8 Å². The lowest BCUT2D eigenvalue weighted by molar-refractivity contribution is -0.128. The van der Waals surface area contributed by atoms with Gasteiger partial charge in [0, 0.05) is 0 Å². The first-order valence-corrected chi connectivity index (χ1v) is 8.15. The molecule has 2 saturated heterocycles. The van der Waals surface area contributed by atoms with E-state index >= 15 is 0 Å². The highest BCUT2D eigenvalue weighted by atomic mass is 16.5. The van der Waals surface area contributed by atoms with Crippen LogP contribution >= 0.6 is 0 Å². The maximum absolute atomic E-state index is 12.9. The molecule has 0 saturated carbocycles. The summed E-state index contributed by atoms with van der Waals surface area (Å²) in [6.45, 7) is 1.57. The van der Waals surface area contributed by atoms with E-state index in [4.69, 9.17) is 9.47 Å². The molecule has 0 aromatic heterocycles. The summed E-state index contributed by atoms with van der Waals surface area (Å²) in [6.07, 6.45) is 2.88. The van der Waals surface area contributed by atoms with Crippen LogP contribution in [0.15, 0.2) is 36.4 Å². The summed E-state index contributed by atoms with van der Waals surface area (Å²) in [6, 6.07) is 6.23. The summed E-state index contributed by atoms with van der Waals surface area (Å²) in [4.78, 5) is 38.8. The molecule has 3 aliphatic heterocycles. The summed E-state index contributed by atoms with van der Waals surface area (Å²) >= 11 is 0. The summed E-state index contributed by atoms with van der Waals surface area (Å²) in [5.74, 6) is -2.69. The number of anilines is 1. The van der Waals surface area contributed by atoms with Gasteiger partial charge < -0.3 is 14.6 Å². The standard InChI is InChI=1S/C18H17NO6/c1-2-24-17(23)10-4-3-5-11(8-10)19-15(21)13-12-6-7-18(9-20,25-12)14(13)16(19)22/h3-8,12-14,20H,2,9H2,1H3/t12-,13-,14-,18+/m0/s1. The minimum Gasteiger partial charge on any atom is -0.462 e. The molecule has 25 heavy (non-hydrogen) atoms. The zero-order valence-corrected chi connectivity index (χ0v) is 13.5. The van der Waals surface area contributed by atoms with Gasteiger partial charge in [-0.1, -0.05) is 18.2 Å². The van der Waals surface area contributed by atoms with Gasteiger partial charge in [-0.3, -0.25) is 9.59 Å². The van der Waals surface area contributed by atoms with Gasteiger partial charge in [0.25, 0.3) is 0 Å². The van der Waals surface area contributed by atoms with Gasteiger partial charge in [0.1, 0.15) is 5.60 Å². The summed E-state index contributed by atoms with van der Waals surface area (Å²) in [5.41, 5.74) is -0.538. The van der Waals surface area contributed by atoms with Crippen LogP contribution in [0.3, 0.4) is 0 Å². The van der Waals surface area contributed by atoms with Gasteiger partial charge in [-0.05, 0) is 25.1 Å². The number of hydrogen-bond acceptors (Lipinski definition) is 6. The Morgan fingerprint density at radius 1 is 1.36 bits per heavy atom. The van der Waals surface area contributed by atoms with Crippen LogP contribution < -0.4 is 4.90 Å². The Morgan fingerprint density at radius 3 is 2.88 bits per heavy atom. The van der Waals surface area contributed by atoms with Crippen LogP contribution in [0, 0.1) is 11.8 Å². The molecule has 4 atom stereocenters. The average molecular weight is 343 g/mol. The Labute approximate surface area is 143 Å². The van der Waals surface area contributed by atoms with Crippen LogP contribution in [0.1, 0.15) is 17.3 Å². The van der Waals surface area contributed by atoms with E-state index in [1.807, 2.05) is 0 Å². The number of esters is 1. The molecule has 3 heterocycles. The van der Waals surface area contributed by atoms with Crippen molar-refractivity contribution in [2.24, 2.45) is 11.8 Å². The van der Waals surface area contributed by atoms with Crippen molar-refractivity contribution in [3.8, 4) is 0 Å². The number of ether oxygens (including phenoxy) is 2. The quantitative estimate of drug-likeness (QED) is 0.491. The molecular formula is C18H17NO6. The number of amides is 2. The molecule has 0 aliphatic carbocycles. The fourth-order valence-electron chi connectivity index (χ4n) is 3.92. The lowest BCUT2D eigenvalue weighted by Crippen LogP contribution is -2.43. The van der Waals surface area contributed by atoms with Crippen molar-refractivity contribution < 1.29 is 29.0 Å². The second-order valence-corrected chi connectivity index (χ2v) is 6.34. The molecule has 1 aromatic carbocycles. The molecule has 7 heteroatoms. The van der Waals surface area contributed by atoms with E-state index in [9.17, 15) is 19.5 Å². The van der Waals surface area contributed by atoms with E-state index in [1.54, 1.807) is 37.3 Å². The molecule has 1 N–H and O–H groups in total. The van der Waals surface area contributed by atoms with Gasteiger partial charge in [0.05, 0.1) is 42.4 Å². The fourth-order valence-corrected chi connectivity index (χ4v) is 3.92. The van der Waals surface area contributed by atoms with Crippen molar-refractivity contribution in [2.45, 2.75) is 18.6 Å². The van der Waals surface area contributed by atoms with Gasteiger partial charge in [-0.25, -0.2) is 9.69 Å². The number of aliphatic hydroxyl groups is 1. The van der Waals surface area contributed by atoms with E-state index in [2.05, 4.69) is 0 Å². The molecule has 4 rings (SSSR count). The summed E-state index contributed by atoms with van der Waals surface area (Å²) in [5, 5.41) is 9.71. The largest absolute Gasteiger partial charge is 0.462 e. The normalized spacial score (nSPS) is 32.4. The number of hydrogen-bond donors (Lipinski definition) is 1. The Balaban J connectivity index is 1.70. The van der Waals surface area contributed by atoms with Crippen molar-refractivity contribution in [3.63, 3.8) is 0 Å². The van der Waals surface area contributed by atoms with Gasteiger partial charge in [0.15, 0.2) is 0 Å². The van der Waals surface area contributed by atoms with Crippen molar-refractivity contribution in [1.29, 1.82) is 0 Å². The predicted octanol–water partition coefficient (Wildman–Crippen LogP) is 0.669. The number of rotatable bonds is 4. The SMILES string of the molecule is CCOC(=O)c1cccc(N2C(=O)[C@H]3[C@@H]4C=C[C@](CO)(O4)[C@@H]3C2=O)c1. The van der Waals surface area contributed by atoms with Crippen LogP contribution in [0.5, 0.6) is 0 Å². The van der Waals surface area contributed by atoms with Crippen LogP contribution in [0.4, 0.5) is 5.69 Å². The first-order chi connectivity index (χ1) is 12.0. The highest BCUT2D eigenvalue weighted by molar-refractivity contribution is 6.23. The summed E-state index contributed by atoms with van der Waals surface area (Å²) < 4.78 is 10.7. The Hall–Kier alpha value is -2.51. The second kappa shape index (κ2) is 5.50. The number of aliphatic hydroxyl groups excluding tert-OH is 1. The zero-order chi connectivity index (χ0) is 17.8. The molecule has 2 fully saturated rings. The molecule has 2 bridgehead atoms. The topological polar surface area (TPSA) is 93.1 Å². The van der Waals surface area contributed by atoms with Crippen LogP contribution in [0.2, 0.25) is 0 Å². The minimum absolute atomic E-state index is 0.235. The van der Waals surface area contributed by atoms with Crippen molar-refractivity contribution in [3.05, 3.63) is 42.0 Å². The molecule has 1 aromatic rings. The van der Waals surface area contributed by atoms with Crippen molar-refractivity contribution >= 4 is 23.5 Å². The van der Waals surface area contributed by atoms with E-state index in [1.165, 1.54) is 6.07 Å². The van der Waals surface area contributed by atoms with Gasteiger partial charge >= 0.3 is 5.97 Å². The minimum atomic E-state index is -1.13. The van der Waals surface area contributed by atoms with Gasteiger partial charge in [-0.15, -0.1) is 0 Å². The molecule has 0 spiro atoms. The third-order valence-corrected chi connectivity index (χ3v) is 5.02. The number of imide groups is 1. The molecule has 3 aliphatic rings. The third kappa shape index (κ3) is 2.09. The second-order valence-electron chi connectivity index (χ2n) is 6.34. The Kier molecular flexibility index (Phi) is 3.52. The number of carbonyl (C=O) groups is 3. The number of carbonyl (C=O) groups excluding carboxylic acids is 3. The molecular weight excluding hydrogens is 326 g/mol. The van der Waals surface area contributed by atoms with E-state index < -0.39 is 35.4 Å². The summed E-state index contributed by atoms with van der Waals surface area (Å²) in [7, 11) is 0. The molecule has 130 valence electrons. The highest BCUT2D eigenvalue weighted by Gasteiger charge is 2.67. The van der Waals surface area contributed by atoms with Crippen LogP contribution in [-0.4, -0.2) is 47.8 Å². The van der Waals surface area contributed by atoms with Crippen molar-refractivity contribution in [1.82, 2.24) is 0 Å². The number of fused-ring (bicyclic) bond motifs is 5. The average Bonchev–Trinajstić information content (AvgIpc) is 3.26. The zero-order valence-electron chi connectivity index (χ0n) is 13.5. The van der Waals surface area contributed by atoms with Crippen molar-refractivity contribution in [2.75, 3.05) is 18.1 Å². The maximum atomic E-state index is 12.9. The first-order valence-electron chi connectivity index (χ1n) is 8.15. The smallest absolute Gasteiger partial charge is 0.338 e. The molecule has 0 radical (unpaired) electrons. The molecule has 2 amide bonds. The lowest BCUT2D eigenvalue weighted by Gasteiger charge is -2.26. The highest BCUT2D eigenvalue weighted by Crippen LogP contribution is 2.52. The van der Waals surface area contributed by atoms with Crippen LogP contribution in [0.25, 0.3) is 0 Å². The van der Waals surface area contributed by atoms with E-state index in [0.29, 0.717) is 5.69 Å². The lowest BCUT2D eigenvalue weighted by atomic mass is 9.77. The molecule has 0 unspecified atom stereocenters. The Morgan fingerprint density at radius 2 is 2.16 bits per heavy atom. The number of nitrogens with zero attached hydrogens (tertiary/aromatic N) is 1. The number of benzene rings is 1. The fraction of sp³-hybridized carbons (Fsp3) is 0.389. The monoisotopic (exact) mass is 343 g/mol. The Bertz CT molecular complexity index is 803. The molecule has 7 nitrogen and oxygen atoms in total. The van der Waals surface area contributed by atoms with E-state index in [0.717, 1.165) is 4.90 Å². The maximum Gasteiger partial charge on any atom is 0.338 e. The predicted molar refractivity (Wildman–Crippen MR) is 85.7 cm³/mol. The third-order valence-electron chi connectivity index (χ3n) is 5.02. The first kappa shape index (κ1) is 16.0. The van der Waals surface area contributed by atoms with E-state index in [-0.39, 0.29) is 24.7 Å². The van der Waals surface area contributed by atoms with Crippen LogP contribution in [-0.2, 0) is 19.1 Å². The van der Waals surface area contributed by atoms with Gasteiger partial charge in [-0.2, -0.15) is 0 Å².